The number of carboxylic acids is 1. The molecule has 2 nitrogen and oxygen atoms in total. The van der Waals surface area contributed by atoms with Crippen LogP contribution in [0.25, 0.3) is 0 Å². The largest absolute Gasteiger partial charge is 0.478 e. The quantitative estimate of drug-likeness (QED) is 0.356. The molecule has 1 atom stereocenters. The van der Waals surface area contributed by atoms with E-state index in [-0.39, 0.29) is 5.57 Å². The average molecular weight is 260 g/mol. The molecule has 1 N–H and O–H groups in total. The van der Waals surface area contributed by atoms with Crippen LogP contribution in [0.4, 0.5) is 0 Å². The molecule has 0 fully saturated rings. The van der Waals surface area contributed by atoms with Crippen molar-refractivity contribution >= 4 is 45.2 Å². The van der Waals surface area contributed by atoms with E-state index in [1.54, 1.807) is 0 Å². The highest BCUT2D eigenvalue weighted by molar-refractivity contribution is 7.65. The summed E-state index contributed by atoms with van der Waals surface area (Å²) in [7, 11) is 0. The summed E-state index contributed by atoms with van der Waals surface area (Å²) in [6.45, 7) is 6.84. The Hall–Kier alpha value is 0.0369. The third-order valence-electron chi connectivity index (χ3n) is 1.49. The molecule has 13 heavy (non-hydrogen) atoms. The fourth-order valence-electron chi connectivity index (χ4n) is 0.789. The van der Waals surface area contributed by atoms with Crippen molar-refractivity contribution < 1.29 is 9.90 Å². The third-order valence-corrected chi connectivity index (χ3v) is 5.24. The molecule has 0 radical (unpaired) electrons. The molecule has 74 valence electrons. The summed E-state index contributed by atoms with van der Waals surface area (Å²) < 4.78 is 0. The van der Waals surface area contributed by atoms with Crippen LogP contribution < -0.4 is 0 Å². The van der Waals surface area contributed by atoms with Crippen molar-refractivity contribution in [2.45, 2.75) is 12.0 Å². The molecule has 0 aromatic rings. The minimum absolute atomic E-state index is 0.0634. The van der Waals surface area contributed by atoms with E-state index in [9.17, 15) is 4.79 Å². The minimum atomic E-state index is -3.07. The van der Waals surface area contributed by atoms with Crippen LogP contribution in [0.1, 0.15) is 6.42 Å². The Bertz CT molecular complexity index is 234. The van der Waals surface area contributed by atoms with Crippen molar-refractivity contribution in [3.05, 3.63) is 24.8 Å². The lowest BCUT2D eigenvalue weighted by atomic mass is 10.1. The molecular formula is C7H9Cl3O2Si. The van der Waals surface area contributed by atoms with E-state index < -0.39 is 17.5 Å². The number of halogens is 3. The Balaban J connectivity index is 4.71. The van der Waals surface area contributed by atoms with Gasteiger partial charge < -0.3 is 5.11 Å². The van der Waals surface area contributed by atoms with Gasteiger partial charge in [0.1, 0.15) is 0 Å². The van der Waals surface area contributed by atoms with Gasteiger partial charge in [-0.1, -0.05) is 12.7 Å². The second kappa shape index (κ2) is 5.05. The van der Waals surface area contributed by atoms with E-state index in [0.29, 0.717) is 6.42 Å². The fraction of sp³-hybridized carbons (Fsp3) is 0.286. The van der Waals surface area contributed by atoms with Gasteiger partial charge >= 0.3 is 12.0 Å². The Morgan fingerprint density at radius 2 is 2.00 bits per heavy atom. The summed E-state index contributed by atoms with van der Waals surface area (Å²) in [5.74, 6) is -1.13. The van der Waals surface area contributed by atoms with Crippen molar-refractivity contribution in [1.82, 2.24) is 0 Å². The fourth-order valence-corrected chi connectivity index (χ4v) is 3.73. The van der Waals surface area contributed by atoms with E-state index >= 15 is 0 Å². The summed E-state index contributed by atoms with van der Waals surface area (Å²) in [5.41, 5.74) is -0.668. The number of carbonyl (C=O) groups is 1. The second-order valence-corrected chi connectivity index (χ2v) is 11.3. The van der Waals surface area contributed by atoms with Crippen LogP contribution in [0.3, 0.4) is 0 Å². The van der Waals surface area contributed by atoms with Crippen molar-refractivity contribution in [2.24, 2.45) is 0 Å². The first-order valence-corrected chi connectivity index (χ1v) is 8.51. The highest BCUT2D eigenvalue weighted by Gasteiger charge is 2.39. The van der Waals surface area contributed by atoms with Crippen LogP contribution in [-0.2, 0) is 4.79 Å². The van der Waals surface area contributed by atoms with Gasteiger partial charge in [-0.05, 0) is 6.42 Å². The first kappa shape index (κ1) is 13.0. The Morgan fingerprint density at radius 1 is 1.54 bits per heavy atom. The van der Waals surface area contributed by atoms with Crippen molar-refractivity contribution in [1.29, 1.82) is 0 Å². The predicted octanol–water partition coefficient (Wildman–Crippen LogP) is 3.23. The molecule has 1 unspecified atom stereocenters. The lowest BCUT2D eigenvalue weighted by Gasteiger charge is -2.20. The van der Waals surface area contributed by atoms with Crippen LogP contribution in [-0.4, -0.2) is 17.1 Å². The third kappa shape index (κ3) is 4.18. The predicted molar refractivity (Wildman–Crippen MR) is 58.7 cm³/mol. The van der Waals surface area contributed by atoms with Gasteiger partial charge in [-0.2, -0.15) is 0 Å². The van der Waals surface area contributed by atoms with Crippen molar-refractivity contribution in [3.8, 4) is 0 Å². The van der Waals surface area contributed by atoms with Crippen LogP contribution in [0.2, 0.25) is 5.54 Å². The van der Waals surface area contributed by atoms with E-state index in [1.807, 2.05) is 0 Å². The highest BCUT2D eigenvalue weighted by atomic mass is 35.8. The molecule has 6 heteroatoms. The molecule has 0 saturated heterocycles. The van der Waals surface area contributed by atoms with E-state index in [4.69, 9.17) is 38.3 Å². The monoisotopic (exact) mass is 258 g/mol. The van der Waals surface area contributed by atoms with Gasteiger partial charge in [0.2, 0.25) is 0 Å². The number of carboxylic acid groups (broad SMARTS) is 1. The maximum atomic E-state index is 10.6. The molecule has 0 aliphatic rings. The first-order chi connectivity index (χ1) is 5.80. The summed E-state index contributed by atoms with van der Waals surface area (Å²) in [6, 6.07) is -3.07. The molecule has 0 aromatic heterocycles. The van der Waals surface area contributed by atoms with E-state index in [1.165, 1.54) is 6.08 Å². The Labute approximate surface area is 91.9 Å². The van der Waals surface area contributed by atoms with Gasteiger partial charge in [0, 0.05) is 11.1 Å². The Kier molecular flexibility index (Phi) is 5.07. The lowest BCUT2D eigenvalue weighted by molar-refractivity contribution is -0.132. The van der Waals surface area contributed by atoms with Crippen LogP contribution in [0, 0.1) is 0 Å². The average Bonchev–Trinajstić information content (AvgIpc) is 1.96. The molecular weight excluding hydrogens is 251 g/mol. The summed E-state index contributed by atoms with van der Waals surface area (Å²) in [5, 5.41) is 8.65. The SMILES string of the molecule is C=CCC(C(=C)C(=O)O)[Si](Cl)(Cl)Cl. The second-order valence-electron chi connectivity index (χ2n) is 2.45. The lowest BCUT2D eigenvalue weighted by Crippen LogP contribution is -2.24. The van der Waals surface area contributed by atoms with Crippen molar-refractivity contribution in [2.75, 3.05) is 0 Å². The Morgan fingerprint density at radius 3 is 2.23 bits per heavy atom. The molecule has 0 aliphatic heterocycles. The van der Waals surface area contributed by atoms with Crippen LogP contribution >= 0.6 is 33.2 Å². The number of allylic oxidation sites excluding steroid dienone is 1. The van der Waals surface area contributed by atoms with Gasteiger partial charge in [0.15, 0.2) is 0 Å². The van der Waals surface area contributed by atoms with Gasteiger partial charge in [-0.15, -0.1) is 39.8 Å². The van der Waals surface area contributed by atoms with Gasteiger partial charge in [0.25, 0.3) is 0 Å². The highest BCUT2D eigenvalue weighted by Crippen LogP contribution is 2.41. The topological polar surface area (TPSA) is 37.3 Å². The summed E-state index contributed by atoms with van der Waals surface area (Å²) >= 11 is 17.1. The molecule has 0 bridgehead atoms. The zero-order valence-corrected chi connectivity index (χ0v) is 10.0. The summed E-state index contributed by atoms with van der Waals surface area (Å²) in [4.78, 5) is 10.6. The summed E-state index contributed by atoms with van der Waals surface area (Å²) in [6.07, 6.45) is 1.85. The van der Waals surface area contributed by atoms with Gasteiger partial charge in [-0.3, -0.25) is 0 Å². The molecule has 0 rings (SSSR count). The smallest absolute Gasteiger partial charge is 0.349 e. The standard InChI is InChI=1S/C7H9Cl3O2Si/c1-3-4-6(13(8,9)10)5(2)7(11)12/h3,6H,1-2,4H2,(H,11,12). The molecule has 0 spiro atoms. The number of rotatable bonds is 5. The first-order valence-electron chi connectivity index (χ1n) is 3.40. The van der Waals surface area contributed by atoms with Crippen LogP contribution in [0.5, 0.6) is 0 Å². The number of hydrogen-bond donors (Lipinski definition) is 1. The minimum Gasteiger partial charge on any atom is -0.478 e. The zero-order valence-electron chi connectivity index (χ0n) is 6.77. The molecule has 0 saturated carbocycles. The van der Waals surface area contributed by atoms with E-state index in [0.717, 1.165) is 0 Å². The zero-order chi connectivity index (χ0) is 10.6. The van der Waals surface area contributed by atoms with E-state index in [2.05, 4.69) is 13.2 Å². The molecule has 0 aliphatic carbocycles. The molecule has 0 amide bonds. The van der Waals surface area contributed by atoms with Crippen molar-refractivity contribution in [3.63, 3.8) is 0 Å². The van der Waals surface area contributed by atoms with Gasteiger partial charge in [0.05, 0.1) is 0 Å². The normalized spacial score (nSPS) is 13.5. The van der Waals surface area contributed by atoms with Gasteiger partial charge in [-0.25, -0.2) is 4.79 Å². The van der Waals surface area contributed by atoms with Crippen LogP contribution in [0.15, 0.2) is 24.8 Å². The maximum absolute atomic E-state index is 10.6. The number of aliphatic carboxylic acids is 1. The number of hydrogen-bond acceptors (Lipinski definition) is 1. The maximum Gasteiger partial charge on any atom is 0.349 e. The molecule has 0 aromatic carbocycles. The molecule has 0 heterocycles.